The Morgan fingerprint density at radius 3 is 2.00 bits per heavy atom. The van der Waals surface area contributed by atoms with Crippen LogP contribution in [0.2, 0.25) is 0 Å². The molecule has 0 unspecified atom stereocenters. The zero-order valence-corrected chi connectivity index (χ0v) is 17.0. The number of rotatable bonds is 3. The van der Waals surface area contributed by atoms with Gasteiger partial charge < -0.3 is 15.1 Å². The fourth-order valence-electron chi connectivity index (χ4n) is 3.74. The highest BCUT2D eigenvalue weighted by Crippen LogP contribution is 2.30. The molecule has 0 atom stereocenters. The van der Waals surface area contributed by atoms with Gasteiger partial charge in [0.2, 0.25) is 5.91 Å². The minimum atomic E-state index is -3.52. The smallest absolute Gasteiger partial charge is 0.253 e. The van der Waals surface area contributed by atoms with Gasteiger partial charge in [-0.3, -0.25) is 9.59 Å². The van der Waals surface area contributed by atoms with Gasteiger partial charge in [0.25, 0.3) is 5.91 Å². The predicted molar refractivity (Wildman–Crippen MR) is 106 cm³/mol. The topological polar surface area (TPSA) is 86.8 Å². The van der Waals surface area contributed by atoms with E-state index in [9.17, 15) is 18.0 Å². The fourth-order valence-corrected chi connectivity index (χ4v) is 5.13. The standard InChI is InChI=1S/C18H25N3O4S.ClH/c1-26(24,25)18(7-9-19-10-8-18)17(23)21-13-11-20(12-14-21)16(22)15-5-3-2-4-6-15;/h2-6,19H,7-14H2,1H3;1H. The van der Waals surface area contributed by atoms with Crippen LogP contribution in [-0.4, -0.2) is 80.3 Å². The summed E-state index contributed by atoms with van der Waals surface area (Å²) in [6.45, 7) is 2.59. The van der Waals surface area contributed by atoms with Crippen LogP contribution in [0.15, 0.2) is 30.3 Å². The van der Waals surface area contributed by atoms with Crippen molar-refractivity contribution >= 4 is 34.1 Å². The first kappa shape index (κ1) is 21.7. The van der Waals surface area contributed by atoms with Crippen molar-refractivity contribution in [3.63, 3.8) is 0 Å². The van der Waals surface area contributed by atoms with Crippen molar-refractivity contribution in [2.75, 3.05) is 45.5 Å². The molecule has 2 heterocycles. The van der Waals surface area contributed by atoms with Crippen molar-refractivity contribution in [1.82, 2.24) is 15.1 Å². The quantitative estimate of drug-likeness (QED) is 0.779. The Hall–Kier alpha value is -1.64. The maximum atomic E-state index is 13.1. The molecule has 2 aliphatic heterocycles. The highest BCUT2D eigenvalue weighted by atomic mass is 35.5. The minimum Gasteiger partial charge on any atom is -0.338 e. The SMILES string of the molecule is CS(=O)(=O)C1(C(=O)N2CCN(C(=O)c3ccccc3)CC2)CCNCC1.Cl. The van der Waals surface area contributed by atoms with E-state index in [2.05, 4.69) is 5.32 Å². The van der Waals surface area contributed by atoms with Gasteiger partial charge in [-0.25, -0.2) is 8.42 Å². The van der Waals surface area contributed by atoms with Gasteiger partial charge in [-0.1, -0.05) is 18.2 Å². The number of piperazine rings is 1. The number of benzene rings is 1. The highest BCUT2D eigenvalue weighted by molar-refractivity contribution is 7.92. The number of hydrogen-bond donors (Lipinski definition) is 1. The van der Waals surface area contributed by atoms with E-state index in [4.69, 9.17) is 0 Å². The van der Waals surface area contributed by atoms with Crippen LogP contribution in [0.3, 0.4) is 0 Å². The third-order valence-electron chi connectivity index (χ3n) is 5.39. The first-order chi connectivity index (χ1) is 12.3. The predicted octanol–water partition coefficient (Wildman–Crippen LogP) is 0.560. The number of nitrogens with zero attached hydrogens (tertiary/aromatic N) is 2. The van der Waals surface area contributed by atoms with Crippen LogP contribution in [0.1, 0.15) is 23.2 Å². The van der Waals surface area contributed by atoms with Gasteiger partial charge >= 0.3 is 0 Å². The molecule has 2 fully saturated rings. The van der Waals surface area contributed by atoms with E-state index < -0.39 is 14.6 Å². The minimum absolute atomic E-state index is 0. The highest BCUT2D eigenvalue weighted by Gasteiger charge is 2.50. The van der Waals surface area contributed by atoms with E-state index in [1.165, 1.54) is 0 Å². The molecule has 9 heteroatoms. The summed E-state index contributed by atoms with van der Waals surface area (Å²) in [5.41, 5.74) is 0.623. The van der Waals surface area contributed by atoms with Crippen LogP contribution in [-0.2, 0) is 14.6 Å². The van der Waals surface area contributed by atoms with Crippen molar-refractivity contribution in [3.05, 3.63) is 35.9 Å². The van der Waals surface area contributed by atoms with Crippen LogP contribution in [0.4, 0.5) is 0 Å². The summed E-state index contributed by atoms with van der Waals surface area (Å²) < 4.78 is 23.5. The second-order valence-corrected chi connectivity index (χ2v) is 9.29. The lowest BCUT2D eigenvalue weighted by molar-refractivity contribution is -0.136. The van der Waals surface area contributed by atoms with Crippen molar-refractivity contribution in [3.8, 4) is 0 Å². The average Bonchev–Trinajstić information content (AvgIpc) is 2.67. The lowest BCUT2D eigenvalue weighted by Gasteiger charge is -2.42. The molecule has 0 aliphatic carbocycles. The summed E-state index contributed by atoms with van der Waals surface area (Å²) in [7, 11) is -3.52. The Morgan fingerprint density at radius 2 is 1.48 bits per heavy atom. The normalized spacial score (nSPS) is 19.9. The van der Waals surface area contributed by atoms with Gasteiger partial charge in [-0.05, 0) is 38.1 Å². The lowest BCUT2D eigenvalue weighted by atomic mass is 9.94. The molecule has 0 saturated carbocycles. The summed E-state index contributed by atoms with van der Waals surface area (Å²) in [4.78, 5) is 28.9. The molecule has 1 aromatic carbocycles. The van der Waals surface area contributed by atoms with Gasteiger partial charge in [-0.15, -0.1) is 12.4 Å². The van der Waals surface area contributed by atoms with Gasteiger partial charge in [0.05, 0.1) is 0 Å². The summed E-state index contributed by atoms with van der Waals surface area (Å²) in [6, 6.07) is 9.04. The Bertz CT molecular complexity index is 771. The first-order valence-electron chi connectivity index (χ1n) is 8.89. The Morgan fingerprint density at radius 1 is 0.963 bits per heavy atom. The molecule has 0 aromatic heterocycles. The van der Waals surface area contributed by atoms with Crippen LogP contribution in [0, 0.1) is 0 Å². The second-order valence-electron chi connectivity index (χ2n) is 6.97. The number of carbonyl (C=O) groups excluding carboxylic acids is 2. The zero-order valence-electron chi connectivity index (χ0n) is 15.4. The second kappa shape index (κ2) is 8.58. The fraction of sp³-hybridized carbons (Fsp3) is 0.556. The van der Waals surface area contributed by atoms with E-state index in [1.54, 1.807) is 21.9 Å². The average molecular weight is 416 g/mol. The third-order valence-corrected chi connectivity index (χ3v) is 7.39. The molecule has 2 aliphatic rings. The number of nitrogens with one attached hydrogen (secondary N) is 1. The summed E-state index contributed by atoms with van der Waals surface area (Å²) in [5.74, 6) is -0.370. The number of piperidine rings is 1. The van der Waals surface area contributed by atoms with Crippen molar-refractivity contribution in [2.45, 2.75) is 17.6 Å². The Balaban J connectivity index is 0.00000261. The molecule has 0 bridgehead atoms. The summed E-state index contributed by atoms with van der Waals surface area (Å²) in [6.07, 6.45) is 1.76. The van der Waals surface area contributed by atoms with E-state index in [0.717, 1.165) is 6.26 Å². The number of sulfone groups is 1. The maximum Gasteiger partial charge on any atom is 0.253 e. The van der Waals surface area contributed by atoms with Crippen molar-refractivity contribution in [2.24, 2.45) is 0 Å². The maximum absolute atomic E-state index is 13.1. The monoisotopic (exact) mass is 415 g/mol. The number of carbonyl (C=O) groups is 2. The third kappa shape index (κ3) is 4.28. The van der Waals surface area contributed by atoms with Crippen LogP contribution < -0.4 is 5.32 Å². The van der Waals surface area contributed by atoms with E-state index in [1.807, 2.05) is 18.2 Å². The summed E-state index contributed by atoms with van der Waals surface area (Å²) >= 11 is 0. The first-order valence-corrected chi connectivity index (χ1v) is 10.8. The molecular formula is C18H26ClN3O4S. The molecule has 150 valence electrons. The lowest BCUT2D eigenvalue weighted by Crippen LogP contribution is -2.61. The molecule has 3 rings (SSSR count). The van der Waals surface area contributed by atoms with Crippen LogP contribution in [0.5, 0.6) is 0 Å². The van der Waals surface area contributed by atoms with Gasteiger partial charge in [0.15, 0.2) is 14.6 Å². The zero-order chi connectivity index (χ0) is 18.8. The van der Waals surface area contributed by atoms with Crippen LogP contribution >= 0.6 is 12.4 Å². The van der Waals surface area contributed by atoms with E-state index in [-0.39, 0.29) is 24.2 Å². The Kier molecular flexibility index (Phi) is 6.88. The van der Waals surface area contributed by atoms with E-state index in [0.29, 0.717) is 57.7 Å². The number of halogens is 1. The largest absolute Gasteiger partial charge is 0.338 e. The molecule has 0 radical (unpaired) electrons. The molecule has 27 heavy (non-hydrogen) atoms. The number of amides is 2. The molecule has 7 nitrogen and oxygen atoms in total. The van der Waals surface area contributed by atoms with Gasteiger partial charge in [0, 0.05) is 38.0 Å². The number of hydrogen-bond acceptors (Lipinski definition) is 5. The molecule has 1 aromatic rings. The van der Waals surface area contributed by atoms with E-state index >= 15 is 0 Å². The molecular weight excluding hydrogens is 390 g/mol. The van der Waals surface area contributed by atoms with Crippen LogP contribution in [0.25, 0.3) is 0 Å². The molecule has 0 spiro atoms. The Labute approximate surface area is 166 Å². The molecule has 1 N–H and O–H groups in total. The summed E-state index contributed by atoms with van der Waals surface area (Å²) in [5, 5.41) is 3.12. The molecule has 2 saturated heterocycles. The molecule has 2 amide bonds. The van der Waals surface area contributed by atoms with Gasteiger partial charge in [-0.2, -0.15) is 0 Å². The van der Waals surface area contributed by atoms with Crippen molar-refractivity contribution in [1.29, 1.82) is 0 Å². The van der Waals surface area contributed by atoms with Gasteiger partial charge in [0.1, 0.15) is 0 Å². The van der Waals surface area contributed by atoms with Crippen molar-refractivity contribution < 1.29 is 18.0 Å².